The highest BCUT2D eigenvalue weighted by atomic mass is 32.2. The minimum absolute atomic E-state index is 0.215. The van der Waals surface area contributed by atoms with Gasteiger partial charge in [-0.15, -0.1) is 11.3 Å². The Bertz CT molecular complexity index is 678. The largest absolute Gasteiger partial charge is 0.323 e. The lowest BCUT2D eigenvalue weighted by Crippen LogP contribution is -2.14. The van der Waals surface area contributed by atoms with Gasteiger partial charge in [-0.1, -0.05) is 18.2 Å². The average molecular weight is 297 g/mol. The first kappa shape index (κ1) is 14.0. The molecule has 102 valence electrons. The molecule has 0 saturated heterocycles. The van der Waals surface area contributed by atoms with Gasteiger partial charge in [0.05, 0.1) is 10.6 Å². The van der Waals surface area contributed by atoms with Crippen LogP contribution in [0.25, 0.3) is 0 Å². The van der Waals surface area contributed by atoms with Gasteiger partial charge in [-0.2, -0.15) is 0 Å². The van der Waals surface area contributed by atoms with Crippen LogP contribution in [0.15, 0.2) is 34.5 Å². The summed E-state index contributed by atoms with van der Waals surface area (Å²) in [7, 11) is -3.60. The number of nitrogens with one attached hydrogen (secondary N) is 1. The molecule has 0 radical (unpaired) electrons. The molecular formula is C12H15N3O2S2. The quantitative estimate of drug-likeness (QED) is 0.906. The van der Waals surface area contributed by atoms with Crippen molar-refractivity contribution in [2.75, 3.05) is 4.72 Å². The summed E-state index contributed by atoms with van der Waals surface area (Å²) in [4.78, 5) is 4.41. The number of benzene rings is 1. The molecule has 1 atom stereocenters. The van der Waals surface area contributed by atoms with Gasteiger partial charge in [0, 0.05) is 11.4 Å². The van der Waals surface area contributed by atoms with Gasteiger partial charge in [-0.25, -0.2) is 13.4 Å². The zero-order valence-electron chi connectivity index (χ0n) is 10.6. The SMILES string of the molecule is Cc1ccccc1S(=O)(=O)Nc1nc(C(C)N)cs1. The molecule has 0 aliphatic heterocycles. The normalized spacial score (nSPS) is 13.2. The Balaban J connectivity index is 2.29. The van der Waals surface area contributed by atoms with E-state index in [2.05, 4.69) is 9.71 Å². The van der Waals surface area contributed by atoms with Crippen LogP contribution in [0.4, 0.5) is 5.13 Å². The van der Waals surface area contributed by atoms with Gasteiger partial charge in [-0.3, -0.25) is 4.72 Å². The van der Waals surface area contributed by atoms with Crippen molar-refractivity contribution in [3.63, 3.8) is 0 Å². The molecule has 0 aliphatic rings. The highest BCUT2D eigenvalue weighted by Crippen LogP contribution is 2.23. The van der Waals surface area contributed by atoms with Gasteiger partial charge in [0.2, 0.25) is 0 Å². The second-order valence-electron chi connectivity index (χ2n) is 4.24. The topological polar surface area (TPSA) is 85.1 Å². The van der Waals surface area contributed by atoms with Crippen LogP contribution in [0.5, 0.6) is 0 Å². The van der Waals surface area contributed by atoms with Crippen LogP contribution >= 0.6 is 11.3 Å². The van der Waals surface area contributed by atoms with Crippen LogP contribution in [0.2, 0.25) is 0 Å². The van der Waals surface area contributed by atoms with Crippen molar-refractivity contribution in [2.45, 2.75) is 24.8 Å². The first-order chi connectivity index (χ1) is 8.90. The van der Waals surface area contributed by atoms with E-state index >= 15 is 0 Å². The molecule has 19 heavy (non-hydrogen) atoms. The van der Waals surface area contributed by atoms with E-state index in [1.807, 2.05) is 0 Å². The van der Waals surface area contributed by atoms with Gasteiger partial charge >= 0.3 is 0 Å². The number of nitrogens with zero attached hydrogens (tertiary/aromatic N) is 1. The van der Waals surface area contributed by atoms with Crippen LogP contribution in [0.1, 0.15) is 24.2 Å². The molecule has 1 unspecified atom stereocenters. The number of aromatic nitrogens is 1. The summed E-state index contributed by atoms with van der Waals surface area (Å²) in [5.41, 5.74) is 7.06. The minimum atomic E-state index is -3.60. The molecule has 7 heteroatoms. The van der Waals surface area contributed by atoms with Crippen molar-refractivity contribution in [2.24, 2.45) is 5.73 Å². The summed E-state index contributed by atoms with van der Waals surface area (Å²) >= 11 is 1.22. The van der Waals surface area contributed by atoms with Crippen molar-refractivity contribution in [1.29, 1.82) is 0 Å². The van der Waals surface area contributed by atoms with E-state index in [1.165, 1.54) is 11.3 Å². The van der Waals surface area contributed by atoms with Gasteiger partial charge < -0.3 is 5.73 Å². The van der Waals surface area contributed by atoms with Gasteiger partial charge in [0.15, 0.2) is 5.13 Å². The number of sulfonamides is 1. The zero-order valence-corrected chi connectivity index (χ0v) is 12.3. The van der Waals surface area contributed by atoms with E-state index in [-0.39, 0.29) is 10.9 Å². The number of hydrogen-bond donors (Lipinski definition) is 2. The molecule has 3 N–H and O–H groups in total. The molecule has 0 spiro atoms. The molecule has 0 amide bonds. The van der Waals surface area contributed by atoms with Crippen molar-refractivity contribution in [3.8, 4) is 0 Å². The smallest absolute Gasteiger partial charge is 0.263 e. The summed E-state index contributed by atoms with van der Waals surface area (Å²) < 4.78 is 26.9. The van der Waals surface area contributed by atoms with Crippen LogP contribution in [0.3, 0.4) is 0 Å². The fraction of sp³-hybridized carbons (Fsp3) is 0.250. The van der Waals surface area contributed by atoms with Crippen LogP contribution < -0.4 is 10.5 Å². The molecule has 1 aromatic heterocycles. The zero-order chi connectivity index (χ0) is 14.0. The van der Waals surface area contributed by atoms with E-state index in [0.717, 1.165) is 0 Å². The van der Waals surface area contributed by atoms with Gasteiger partial charge in [0.25, 0.3) is 10.0 Å². The standard InChI is InChI=1S/C12H15N3O2S2/c1-8-5-3-4-6-11(8)19(16,17)15-12-14-10(7-18-12)9(2)13/h3-7,9H,13H2,1-2H3,(H,14,15). The Hall–Kier alpha value is -1.44. The molecule has 0 fully saturated rings. The van der Waals surface area contributed by atoms with E-state index in [0.29, 0.717) is 16.4 Å². The molecule has 0 bridgehead atoms. The lowest BCUT2D eigenvalue weighted by molar-refractivity contribution is 0.600. The van der Waals surface area contributed by atoms with Crippen molar-refractivity contribution >= 4 is 26.5 Å². The monoisotopic (exact) mass is 297 g/mol. The summed E-state index contributed by atoms with van der Waals surface area (Å²) in [6.45, 7) is 3.55. The maximum Gasteiger partial charge on any atom is 0.263 e. The van der Waals surface area contributed by atoms with Crippen molar-refractivity contribution < 1.29 is 8.42 Å². The molecule has 1 aromatic carbocycles. The van der Waals surface area contributed by atoms with Crippen LogP contribution in [0, 0.1) is 6.92 Å². The Morgan fingerprint density at radius 1 is 1.37 bits per heavy atom. The molecule has 5 nitrogen and oxygen atoms in total. The predicted molar refractivity (Wildman–Crippen MR) is 76.7 cm³/mol. The molecule has 0 saturated carbocycles. The summed E-state index contributed by atoms with van der Waals surface area (Å²) in [5.74, 6) is 0. The maximum absolute atomic E-state index is 12.2. The highest BCUT2D eigenvalue weighted by Gasteiger charge is 2.18. The number of nitrogens with two attached hydrogens (primary N) is 1. The number of anilines is 1. The van der Waals surface area contributed by atoms with Crippen LogP contribution in [-0.2, 0) is 10.0 Å². The third-order valence-electron chi connectivity index (χ3n) is 2.59. The Morgan fingerprint density at radius 3 is 2.63 bits per heavy atom. The number of thiazole rings is 1. The number of aryl methyl sites for hydroxylation is 1. The Labute approximate surface area is 116 Å². The summed E-state index contributed by atoms with van der Waals surface area (Å²) in [6.07, 6.45) is 0. The molecular weight excluding hydrogens is 282 g/mol. The number of rotatable bonds is 4. The Kier molecular flexibility index (Phi) is 3.88. The molecule has 0 aliphatic carbocycles. The lowest BCUT2D eigenvalue weighted by Gasteiger charge is -2.07. The fourth-order valence-electron chi connectivity index (χ4n) is 1.57. The Morgan fingerprint density at radius 2 is 2.05 bits per heavy atom. The molecule has 1 heterocycles. The summed E-state index contributed by atoms with van der Waals surface area (Å²) in [6, 6.07) is 6.59. The van der Waals surface area contributed by atoms with Crippen molar-refractivity contribution in [1.82, 2.24) is 4.98 Å². The van der Waals surface area contributed by atoms with Crippen molar-refractivity contribution in [3.05, 3.63) is 40.9 Å². The third-order valence-corrected chi connectivity index (χ3v) is 5.00. The van der Waals surface area contributed by atoms with Gasteiger partial charge in [0.1, 0.15) is 0 Å². The highest BCUT2D eigenvalue weighted by molar-refractivity contribution is 7.93. The average Bonchev–Trinajstić information content (AvgIpc) is 2.77. The fourth-order valence-corrected chi connectivity index (χ4v) is 3.88. The first-order valence-corrected chi connectivity index (χ1v) is 8.06. The maximum atomic E-state index is 12.2. The third kappa shape index (κ3) is 3.12. The van der Waals surface area contributed by atoms with E-state index in [4.69, 9.17) is 5.73 Å². The van der Waals surface area contributed by atoms with E-state index in [1.54, 1.807) is 43.5 Å². The van der Waals surface area contributed by atoms with E-state index in [9.17, 15) is 8.42 Å². The second-order valence-corrected chi connectivity index (χ2v) is 6.75. The minimum Gasteiger partial charge on any atom is -0.323 e. The van der Waals surface area contributed by atoms with E-state index < -0.39 is 10.0 Å². The second kappa shape index (κ2) is 5.28. The van der Waals surface area contributed by atoms with Crippen LogP contribution in [-0.4, -0.2) is 13.4 Å². The molecule has 2 rings (SSSR count). The predicted octanol–water partition coefficient (Wildman–Crippen LogP) is 2.27. The van der Waals surface area contributed by atoms with Gasteiger partial charge in [-0.05, 0) is 25.5 Å². The molecule has 2 aromatic rings. The lowest BCUT2D eigenvalue weighted by atomic mass is 10.2. The number of hydrogen-bond acceptors (Lipinski definition) is 5. The first-order valence-electron chi connectivity index (χ1n) is 5.69. The summed E-state index contributed by atoms with van der Waals surface area (Å²) in [5, 5.41) is 2.08.